The normalized spacial score (nSPS) is 23.1. The molecule has 2 saturated heterocycles. The molecule has 0 radical (unpaired) electrons. The van der Waals surface area contributed by atoms with Crippen LogP contribution in [0, 0.1) is 0 Å². The third-order valence-electron chi connectivity index (χ3n) is 3.75. The highest BCUT2D eigenvalue weighted by atomic mass is 16.5. The van der Waals surface area contributed by atoms with Crippen molar-refractivity contribution in [1.82, 2.24) is 15.1 Å². The first kappa shape index (κ1) is 13.6. The molecule has 0 aromatic rings. The highest BCUT2D eigenvalue weighted by Crippen LogP contribution is 2.11. The molecule has 0 saturated carbocycles. The molecule has 5 heteroatoms. The maximum atomic E-state index is 12.0. The topological polar surface area (TPSA) is 44.8 Å². The van der Waals surface area contributed by atoms with Gasteiger partial charge in [0.15, 0.2) is 0 Å². The number of nitrogens with one attached hydrogen (secondary N) is 1. The summed E-state index contributed by atoms with van der Waals surface area (Å²) in [6, 6.07) is 0.445. The Labute approximate surface area is 109 Å². The lowest BCUT2D eigenvalue weighted by Gasteiger charge is -2.34. The van der Waals surface area contributed by atoms with E-state index in [1.54, 1.807) is 0 Å². The Balaban J connectivity index is 1.68. The van der Waals surface area contributed by atoms with Crippen LogP contribution in [0.4, 0.5) is 4.79 Å². The molecule has 1 N–H and O–H groups in total. The van der Waals surface area contributed by atoms with Gasteiger partial charge in [-0.3, -0.25) is 0 Å². The van der Waals surface area contributed by atoms with E-state index in [2.05, 4.69) is 17.1 Å². The Morgan fingerprint density at radius 1 is 1.22 bits per heavy atom. The molecule has 18 heavy (non-hydrogen) atoms. The van der Waals surface area contributed by atoms with Gasteiger partial charge < -0.3 is 19.9 Å². The fourth-order valence-electron chi connectivity index (χ4n) is 2.65. The molecule has 2 aliphatic heterocycles. The van der Waals surface area contributed by atoms with Crippen molar-refractivity contribution in [3.63, 3.8) is 0 Å². The first-order chi connectivity index (χ1) is 8.79. The Hall–Kier alpha value is -0.810. The number of ether oxygens (including phenoxy) is 1. The van der Waals surface area contributed by atoms with Crippen LogP contribution in [0.3, 0.4) is 0 Å². The molecule has 104 valence electrons. The van der Waals surface area contributed by atoms with Crippen molar-refractivity contribution in [3.8, 4) is 0 Å². The summed E-state index contributed by atoms with van der Waals surface area (Å²) in [5.41, 5.74) is 0. The van der Waals surface area contributed by atoms with Crippen molar-refractivity contribution in [1.29, 1.82) is 0 Å². The van der Waals surface area contributed by atoms with E-state index < -0.39 is 0 Å². The van der Waals surface area contributed by atoms with E-state index in [9.17, 15) is 4.79 Å². The van der Waals surface area contributed by atoms with Crippen LogP contribution < -0.4 is 5.32 Å². The minimum atomic E-state index is 0.0900. The van der Waals surface area contributed by atoms with E-state index in [0.29, 0.717) is 19.3 Å². The Bertz CT molecular complexity index is 259. The number of nitrogens with zero attached hydrogens (tertiary/aromatic N) is 2. The number of carbonyl (C=O) groups excluding carboxylic acids is 1. The Morgan fingerprint density at radius 3 is 2.50 bits per heavy atom. The molecular weight excluding hydrogens is 230 g/mol. The molecule has 5 nitrogen and oxygen atoms in total. The summed E-state index contributed by atoms with van der Waals surface area (Å²) < 4.78 is 5.25. The van der Waals surface area contributed by atoms with Gasteiger partial charge in [-0.15, -0.1) is 0 Å². The zero-order chi connectivity index (χ0) is 12.8. The van der Waals surface area contributed by atoms with Crippen LogP contribution in [-0.2, 0) is 4.74 Å². The molecule has 0 bridgehead atoms. The Kier molecular flexibility index (Phi) is 5.26. The van der Waals surface area contributed by atoms with Crippen LogP contribution >= 0.6 is 0 Å². The third-order valence-corrected chi connectivity index (χ3v) is 3.75. The molecule has 2 heterocycles. The molecule has 2 amide bonds. The van der Waals surface area contributed by atoms with Crippen LogP contribution in [0.5, 0.6) is 0 Å². The molecule has 0 unspecified atom stereocenters. The summed E-state index contributed by atoms with van der Waals surface area (Å²) in [6.45, 7) is 8.41. The van der Waals surface area contributed by atoms with Crippen LogP contribution in [0.15, 0.2) is 0 Å². The van der Waals surface area contributed by atoms with Crippen LogP contribution in [0.25, 0.3) is 0 Å². The molecule has 2 rings (SSSR count). The summed E-state index contributed by atoms with van der Waals surface area (Å²) in [7, 11) is 0. The van der Waals surface area contributed by atoms with Crippen LogP contribution in [0.1, 0.15) is 26.2 Å². The summed E-state index contributed by atoms with van der Waals surface area (Å²) in [6.07, 6.45) is 3.37. The second kappa shape index (κ2) is 6.95. The second-order valence-corrected chi connectivity index (χ2v) is 5.16. The second-order valence-electron chi connectivity index (χ2n) is 5.16. The maximum Gasteiger partial charge on any atom is 0.317 e. The quantitative estimate of drug-likeness (QED) is 0.815. The number of hydrogen-bond donors (Lipinski definition) is 1. The molecule has 2 aliphatic rings. The van der Waals surface area contributed by atoms with Crippen LogP contribution in [-0.4, -0.2) is 67.8 Å². The average molecular weight is 255 g/mol. The zero-order valence-electron chi connectivity index (χ0n) is 11.4. The van der Waals surface area contributed by atoms with Gasteiger partial charge in [-0.25, -0.2) is 4.79 Å². The summed E-state index contributed by atoms with van der Waals surface area (Å²) in [5.74, 6) is 0. The number of amides is 2. The van der Waals surface area contributed by atoms with Crippen molar-refractivity contribution in [2.75, 3.05) is 45.9 Å². The minimum absolute atomic E-state index is 0.0900. The predicted octanol–water partition coefficient (Wildman–Crippen LogP) is 0.903. The van der Waals surface area contributed by atoms with Crippen molar-refractivity contribution < 1.29 is 9.53 Å². The Morgan fingerprint density at radius 2 is 1.89 bits per heavy atom. The fraction of sp³-hybridized carbons (Fsp3) is 0.923. The van der Waals surface area contributed by atoms with Gasteiger partial charge in [0.25, 0.3) is 0 Å². The van der Waals surface area contributed by atoms with E-state index in [4.69, 9.17) is 4.74 Å². The summed E-state index contributed by atoms with van der Waals surface area (Å²) >= 11 is 0. The number of urea groups is 1. The molecule has 2 fully saturated rings. The van der Waals surface area contributed by atoms with Gasteiger partial charge in [-0.2, -0.15) is 0 Å². The van der Waals surface area contributed by atoms with Gasteiger partial charge in [-0.1, -0.05) is 6.92 Å². The summed E-state index contributed by atoms with van der Waals surface area (Å²) in [5, 5.41) is 3.16. The first-order valence-corrected chi connectivity index (χ1v) is 7.15. The molecule has 0 atom stereocenters. The van der Waals surface area contributed by atoms with Gasteiger partial charge in [0, 0.05) is 32.2 Å². The lowest BCUT2D eigenvalue weighted by molar-refractivity contribution is 0.0516. The summed E-state index contributed by atoms with van der Waals surface area (Å²) in [4.78, 5) is 16.4. The lowest BCUT2D eigenvalue weighted by Crippen LogP contribution is -2.51. The number of likely N-dealkylation sites (tertiary alicyclic amines) is 1. The molecular formula is C13H25N3O2. The predicted molar refractivity (Wildman–Crippen MR) is 70.7 cm³/mol. The van der Waals surface area contributed by atoms with Crippen molar-refractivity contribution in [3.05, 3.63) is 0 Å². The standard InChI is InChI=1S/C13H25N3O2/c1-2-5-15-6-3-12(4-7-15)14-13(17)16-8-10-18-11-9-16/h12H,2-11H2,1H3,(H,14,17). The van der Waals surface area contributed by atoms with Gasteiger partial charge in [0.05, 0.1) is 13.2 Å². The third kappa shape index (κ3) is 3.85. The molecule has 0 aromatic heterocycles. The number of piperidine rings is 1. The SMILES string of the molecule is CCCN1CCC(NC(=O)N2CCOCC2)CC1. The van der Waals surface area contributed by atoms with E-state index in [-0.39, 0.29) is 6.03 Å². The first-order valence-electron chi connectivity index (χ1n) is 7.15. The highest BCUT2D eigenvalue weighted by molar-refractivity contribution is 5.74. The average Bonchev–Trinajstić information content (AvgIpc) is 2.42. The van der Waals surface area contributed by atoms with Gasteiger partial charge >= 0.3 is 6.03 Å². The lowest BCUT2D eigenvalue weighted by atomic mass is 10.1. The monoisotopic (exact) mass is 255 g/mol. The number of morpholine rings is 1. The van der Waals surface area contributed by atoms with E-state index in [1.165, 1.54) is 13.0 Å². The molecule has 0 aromatic carbocycles. The van der Waals surface area contributed by atoms with Crippen molar-refractivity contribution >= 4 is 6.03 Å². The number of hydrogen-bond acceptors (Lipinski definition) is 3. The van der Waals surface area contributed by atoms with Gasteiger partial charge in [0.1, 0.15) is 0 Å². The number of rotatable bonds is 3. The number of carbonyl (C=O) groups is 1. The smallest absolute Gasteiger partial charge is 0.317 e. The van der Waals surface area contributed by atoms with Gasteiger partial charge in [-0.05, 0) is 25.8 Å². The zero-order valence-corrected chi connectivity index (χ0v) is 11.4. The van der Waals surface area contributed by atoms with E-state index >= 15 is 0 Å². The van der Waals surface area contributed by atoms with E-state index in [1.807, 2.05) is 4.90 Å². The maximum absolute atomic E-state index is 12.0. The molecule has 0 aliphatic carbocycles. The minimum Gasteiger partial charge on any atom is -0.378 e. The highest BCUT2D eigenvalue weighted by Gasteiger charge is 2.23. The van der Waals surface area contributed by atoms with Crippen LogP contribution in [0.2, 0.25) is 0 Å². The largest absolute Gasteiger partial charge is 0.378 e. The van der Waals surface area contributed by atoms with Crippen molar-refractivity contribution in [2.45, 2.75) is 32.2 Å². The molecule has 0 spiro atoms. The van der Waals surface area contributed by atoms with Gasteiger partial charge in [0.2, 0.25) is 0 Å². The van der Waals surface area contributed by atoms with Crippen molar-refractivity contribution in [2.24, 2.45) is 0 Å². The fourth-order valence-corrected chi connectivity index (χ4v) is 2.65. The van der Waals surface area contributed by atoms with E-state index in [0.717, 1.165) is 39.0 Å².